The summed E-state index contributed by atoms with van der Waals surface area (Å²) in [4.78, 5) is 67.8. The Kier molecular flexibility index (Phi) is 25.6. The summed E-state index contributed by atoms with van der Waals surface area (Å²) in [6.45, 7) is 12.3. The first-order valence-electron chi connectivity index (χ1n) is 28.0. The van der Waals surface area contributed by atoms with E-state index < -0.39 is 35.8 Å². The van der Waals surface area contributed by atoms with Crippen LogP contribution in [0.1, 0.15) is 136 Å². The fourth-order valence-electron chi connectivity index (χ4n) is 9.07. The maximum absolute atomic E-state index is 12.8. The molecule has 2 aromatic heterocycles. The minimum Gasteiger partial charge on any atom is -0.491 e. The number of hydrogen-bond acceptors (Lipinski definition) is 16. The maximum atomic E-state index is 12.8. The number of carboxylic acids is 1. The molecule has 80 heavy (non-hydrogen) atoms. The van der Waals surface area contributed by atoms with Crippen molar-refractivity contribution in [2.24, 2.45) is 0 Å². The van der Waals surface area contributed by atoms with Crippen LogP contribution in [0.2, 0.25) is 10.0 Å². The number of rotatable bonds is 31. The van der Waals surface area contributed by atoms with E-state index >= 15 is 0 Å². The summed E-state index contributed by atoms with van der Waals surface area (Å²) in [5.41, 5.74) is 3.64. The molecule has 4 heterocycles. The lowest BCUT2D eigenvalue weighted by atomic mass is 10.1. The Morgan fingerprint density at radius 1 is 0.725 bits per heavy atom. The molecular weight excluding hydrogens is 1070 g/mol. The zero-order chi connectivity index (χ0) is 57.3. The highest BCUT2D eigenvalue weighted by Gasteiger charge is 2.46. The van der Waals surface area contributed by atoms with Gasteiger partial charge >= 0.3 is 29.6 Å². The Balaban J connectivity index is 0.000000290. The summed E-state index contributed by atoms with van der Waals surface area (Å²) in [5.74, 6) is -3.06. The van der Waals surface area contributed by atoms with Crippen molar-refractivity contribution in [2.45, 2.75) is 155 Å². The van der Waals surface area contributed by atoms with Gasteiger partial charge in [-0.25, -0.2) is 23.7 Å². The van der Waals surface area contributed by atoms with Gasteiger partial charge in [-0.3, -0.25) is 19.2 Å². The molecule has 5 aromatic rings. The molecular formula is C58H78Cl2N8O12. The zero-order valence-corrected chi connectivity index (χ0v) is 48.1. The third-order valence-corrected chi connectivity index (χ3v) is 14.4. The normalized spacial score (nSPS) is 16.5. The number of nitrogens with zero attached hydrogens (tertiary/aromatic N) is 8. The van der Waals surface area contributed by atoms with Crippen LogP contribution in [-0.2, 0) is 55.2 Å². The number of aliphatic carboxylic acids is 1. The SMILES string of the molecule is CCC(C)n1ncn(-c2ccc(N3CCN(c4ccc(OCC5COC(Cn6cncn6)(c6ccc(Cl)cc6Cl)O5)cc4)CC3)cc2)c1=O.CCCCCCCC(=O)OCC(COC(=O)CCCCCCC)OC(=O)CCC(=O)O. The molecule has 2 fully saturated rings. The molecule has 22 heteroatoms. The van der Waals surface area contributed by atoms with Gasteiger partial charge < -0.3 is 43.3 Å². The van der Waals surface area contributed by atoms with Gasteiger partial charge in [-0.05, 0) is 86.8 Å². The van der Waals surface area contributed by atoms with Crippen LogP contribution in [-0.4, -0.2) is 123 Å². The number of piperazine rings is 1. The van der Waals surface area contributed by atoms with Crippen LogP contribution in [0.3, 0.4) is 0 Å². The number of carbonyl (C=O) groups is 4. The highest BCUT2D eigenvalue weighted by Crippen LogP contribution is 2.40. The Morgan fingerprint density at radius 3 is 1.86 bits per heavy atom. The molecule has 0 saturated carbocycles. The summed E-state index contributed by atoms with van der Waals surface area (Å²) in [6, 6.07) is 21.6. The van der Waals surface area contributed by atoms with Crippen molar-refractivity contribution >= 4 is 58.5 Å². The van der Waals surface area contributed by atoms with Crippen LogP contribution in [0, 0.1) is 0 Å². The minimum absolute atomic E-state index is 0.0645. The van der Waals surface area contributed by atoms with Crippen LogP contribution in [0.4, 0.5) is 11.4 Å². The van der Waals surface area contributed by atoms with E-state index in [9.17, 15) is 24.0 Å². The van der Waals surface area contributed by atoms with Gasteiger partial charge in [0.15, 0.2) is 6.10 Å². The molecule has 0 spiro atoms. The van der Waals surface area contributed by atoms with Crippen molar-refractivity contribution in [1.29, 1.82) is 0 Å². The van der Waals surface area contributed by atoms with E-state index in [1.807, 2.05) is 44.2 Å². The van der Waals surface area contributed by atoms with Gasteiger partial charge in [-0.15, -0.1) is 0 Å². The Morgan fingerprint density at radius 2 is 1.31 bits per heavy atom. The highest BCUT2D eigenvalue weighted by atomic mass is 35.5. The fourth-order valence-corrected chi connectivity index (χ4v) is 9.62. The van der Waals surface area contributed by atoms with Crippen molar-refractivity contribution in [3.05, 3.63) is 112 Å². The second kappa shape index (κ2) is 32.7. The van der Waals surface area contributed by atoms with E-state index in [0.717, 1.165) is 120 Å². The molecule has 3 unspecified atom stereocenters. The number of carboxylic acid groups (broad SMARTS) is 1. The van der Waals surface area contributed by atoms with Gasteiger partial charge in [0, 0.05) is 61.0 Å². The monoisotopic (exact) mass is 1150 g/mol. The summed E-state index contributed by atoms with van der Waals surface area (Å²) in [5, 5.41) is 18.2. The molecule has 7 rings (SSSR count). The summed E-state index contributed by atoms with van der Waals surface area (Å²) in [7, 11) is 0. The van der Waals surface area contributed by atoms with Crippen molar-refractivity contribution in [3.63, 3.8) is 0 Å². The van der Waals surface area contributed by atoms with Crippen LogP contribution in [0.25, 0.3) is 5.69 Å². The molecule has 2 aliphatic heterocycles. The van der Waals surface area contributed by atoms with Gasteiger partial charge in [-0.1, -0.05) is 101 Å². The maximum Gasteiger partial charge on any atom is 0.350 e. The summed E-state index contributed by atoms with van der Waals surface area (Å²) in [6.07, 6.45) is 14.1. The number of anilines is 2. The Labute approximate surface area is 478 Å². The molecule has 0 amide bonds. The van der Waals surface area contributed by atoms with Gasteiger partial charge in [-0.2, -0.15) is 10.2 Å². The first-order valence-corrected chi connectivity index (χ1v) is 28.8. The lowest BCUT2D eigenvalue weighted by Gasteiger charge is -2.37. The standard InChI is InChI=1S/C35H38Cl2N8O4.C23H40O8/c1-3-25(2)45-34(46)44(24-40-45)29-7-5-27(6-8-29)41-14-16-42(17-15-41)28-9-11-30(12-10-28)47-19-31-20-48-35(49-31,21-43-23-38-22-39-43)32-13-4-26(36)18-33(32)37;1-3-5-7-9-11-13-21(26)29-17-19(31-23(28)16-15-20(24)25)18-30-22(27)14-12-10-8-6-4-2/h4-13,18,22-25,31H,3,14-17,19-21H2,1-2H3;19H,3-18H2,1-2H3,(H,24,25). The highest BCUT2D eigenvalue weighted by molar-refractivity contribution is 6.35. The quantitative estimate of drug-likeness (QED) is 0.0248. The smallest absolute Gasteiger partial charge is 0.350 e. The number of hydrogen-bond donors (Lipinski definition) is 1. The van der Waals surface area contributed by atoms with E-state index in [-0.39, 0.29) is 63.3 Å². The Bertz CT molecular complexity index is 2700. The molecule has 0 aliphatic carbocycles. The average Bonchev–Trinajstić information content (AvgIpc) is 4.25. The minimum atomic E-state index is -1.16. The first-order chi connectivity index (χ1) is 38.7. The van der Waals surface area contributed by atoms with E-state index in [1.54, 1.807) is 34.0 Å². The molecule has 0 bridgehead atoms. The zero-order valence-electron chi connectivity index (χ0n) is 46.6. The molecule has 436 valence electrons. The number of halogens is 2. The molecule has 0 radical (unpaired) electrons. The largest absolute Gasteiger partial charge is 0.491 e. The van der Waals surface area contributed by atoms with E-state index in [0.29, 0.717) is 28.8 Å². The predicted octanol–water partition coefficient (Wildman–Crippen LogP) is 10.1. The molecule has 3 atom stereocenters. The third kappa shape index (κ3) is 19.7. The summed E-state index contributed by atoms with van der Waals surface area (Å²) >= 11 is 12.7. The van der Waals surface area contributed by atoms with Crippen molar-refractivity contribution in [3.8, 4) is 11.4 Å². The van der Waals surface area contributed by atoms with E-state index in [2.05, 4.69) is 63.1 Å². The fraction of sp³-hybridized carbons (Fsp3) is 0.552. The number of unbranched alkanes of at least 4 members (excludes halogenated alkanes) is 8. The Hall–Kier alpha value is -6.48. The van der Waals surface area contributed by atoms with Crippen LogP contribution in [0.15, 0.2) is 90.5 Å². The van der Waals surface area contributed by atoms with Crippen LogP contribution < -0.4 is 20.2 Å². The van der Waals surface area contributed by atoms with E-state index in [4.69, 9.17) is 56.7 Å². The van der Waals surface area contributed by atoms with Crippen LogP contribution in [0.5, 0.6) is 5.75 Å². The van der Waals surface area contributed by atoms with Gasteiger partial charge in [0.05, 0.1) is 36.2 Å². The summed E-state index contributed by atoms with van der Waals surface area (Å²) < 4.78 is 39.2. The number of benzene rings is 3. The molecule has 2 saturated heterocycles. The molecule has 20 nitrogen and oxygen atoms in total. The van der Waals surface area contributed by atoms with Crippen molar-refractivity contribution < 1.29 is 52.7 Å². The molecule has 2 aliphatic rings. The van der Waals surface area contributed by atoms with Gasteiger partial charge in [0.1, 0.15) is 57.2 Å². The number of esters is 3. The second-order valence-electron chi connectivity index (χ2n) is 20.0. The lowest BCUT2D eigenvalue weighted by molar-refractivity contribution is -0.190. The lowest BCUT2D eigenvalue weighted by Crippen LogP contribution is -2.46. The third-order valence-electron chi connectivity index (χ3n) is 13.8. The van der Waals surface area contributed by atoms with Crippen LogP contribution >= 0.6 is 23.2 Å². The topological polar surface area (TPSA) is 221 Å². The molecule has 3 aromatic carbocycles. The average molecular weight is 1150 g/mol. The first kappa shape index (κ1) is 62.7. The second-order valence-corrected chi connectivity index (χ2v) is 20.8. The van der Waals surface area contributed by atoms with Gasteiger partial charge in [0.2, 0.25) is 5.79 Å². The van der Waals surface area contributed by atoms with Crippen molar-refractivity contribution in [1.82, 2.24) is 29.1 Å². The molecule has 1 N–H and O–H groups in total. The van der Waals surface area contributed by atoms with Gasteiger partial charge in [0.25, 0.3) is 0 Å². The number of aromatic nitrogens is 6. The number of carbonyl (C=O) groups excluding carboxylic acids is 3. The van der Waals surface area contributed by atoms with E-state index in [1.165, 1.54) is 11.0 Å². The number of ether oxygens (including phenoxy) is 6. The van der Waals surface area contributed by atoms with Crippen molar-refractivity contribution in [2.75, 3.05) is 62.4 Å². The predicted molar refractivity (Wildman–Crippen MR) is 304 cm³/mol.